The van der Waals surface area contributed by atoms with Gasteiger partial charge in [-0.2, -0.15) is 10.2 Å². The highest BCUT2D eigenvalue weighted by Gasteiger charge is 2.07. The number of nitrogens with zero attached hydrogens (tertiary/aromatic N) is 2. The number of rotatable bonds is 4. The van der Waals surface area contributed by atoms with E-state index in [1.807, 2.05) is 0 Å². The average molecular weight is 323 g/mol. The van der Waals surface area contributed by atoms with E-state index < -0.39 is 0 Å². The highest BCUT2D eigenvalue weighted by atomic mass is 79.9. The van der Waals surface area contributed by atoms with Crippen molar-refractivity contribution in [2.24, 2.45) is 10.2 Å². The second-order valence-corrected chi connectivity index (χ2v) is 4.41. The zero-order valence-electron chi connectivity index (χ0n) is 10.1. The van der Waals surface area contributed by atoms with Gasteiger partial charge >= 0.3 is 0 Å². The van der Waals surface area contributed by atoms with Gasteiger partial charge < -0.3 is 14.3 Å². The van der Waals surface area contributed by atoms with E-state index in [2.05, 4.69) is 26.1 Å². The minimum absolute atomic E-state index is 0.0544. The van der Waals surface area contributed by atoms with Crippen LogP contribution in [0.2, 0.25) is 0 Å². The molecule has 0 spiro atoms. The van der Waals surface area contributed by atoms with Gasteiger partial charge in [0.1, 0.15) is 5.76 Å². The molecular formula is C13H11BrN2O3. The Kier molecular flexibility index (Phi) is 4.35. The van der Waals surface area contributed by atoms with Gasteiger partial charge in [-0.15, -0.1) is 0 Å². The molecule has 1 N–H and O–H groups in total. The summed E-state index contributed by atoms with van der Waals surface area (Å²) < 4.78 is 10.6. The van der Waals surface area contributed by atoms with Gasteiger partial charge in [0.15, 0.2) is 11.5 Å². The predicted octanol–water partition coefficient (Wildman–Crippen LogP) is 3.21. The standard InChI is InChI=1S/C13H11BrN2O3/c1-18-12-6-9(5-11(14)13(12)17)7-15-16-8-10-3-2-4-19-10/h2-8,17H,1H3/b15-7+,16-8-. The first-order valence-electron chi connectivity index (χ1n) is 5.37. The van der Waals surface area contributed by atoms with E-state index in [0.29, 0.717) is 16.0 Å². The number of ether oxygens (including phenoxy) is 1. The molecule has 2 aromatic rings. The first-order chi connectivity index (χ1) is 9.20. The smallest absolute Gasteiger partial charge is 0.172 e. The van der Waals surface area contributed by atoms with Gasteiger partial charge in [0.2, 0.25) is 0 Å². The molecule has 0 saturated heterocycles. The number of hydrogen-bond donors (Lipinski definition) is 1. The van der Waals surface area contributed by atoms with Gasteiger partial charge in [-0.25, -0.2) is 0 Å². The maximum absolute atomic E-state index is 9.66. The Morgan fingerprint density at radius 2 is 2.11 bits per heavy atom. The summed E-state index contributed by atoms with van der Waals surface area (Å²) in [5, 5.41) is 17.4. The number of halogens is 1. The van der Waals surface area contributed by atoms with Crippen LogP contribution < -0.4 is 4.74 Å². The van der Waals surface area contributed by atoms with Crippen LogP contribution >= 0.6 is 15.9 Å². The Balaban J connectivity index is 2.13. The van der Waals surface area contributed by atoms with Crippen molar-refractivity contribution in [2.75, 3.05) is 7.11 Å². The molecule has 19 heavy (non-hydrogen) atoms. The van der Waals surface area contributed by atoms with E-state index in [0.717, 1.165) is 5.56 Å². The Morgan fingerprint density at radius 3 is 2.79 bits per heavy atom. The SMILES string of the molecule is COc1cc(/C=N/N=C\c2ccco2)cc(Br)c1O. The zero-order chi connectivity index (χ0) is 13.7. The van der Waals surface area contributed by atoms with Crippen LogP contribution in [0.25, 0.3) is 0 Å². The molecule has 5 nitrogen and oxygen atoms in total. The third kappa shape index (κ3) is 3.45. The topological polar surface area (TPSA) is 67.3 Å². The summed E-state index contributed by atoms with van der Waals surface area (Å²) in [5.74, 6) is 1.05. The molecule has 2 rings (SSSR count). The highest BCUT2D eigenvalue weighted by molar-refractivity contribution is 9.10. The summed E-state index contributed by atoms with van der Waals surface area (Å²) in [6.07, 6.45) is 4.61. The number of benzene rings is 1. The molecule has 0 bridgehead atoms. The first kappa shape index (κ1) is 13.4. The number of hydrogen-bond acceptors (Lipinski definition) is 5. The normalized spacial score (nSPS) is 11.5. The predicted molar refractivity (Wildman–Crippen MR) is 76.3 cm³/mol. The Labute approximate surface area is 118 Å². The van der Waals surface area contributed by atoms with Crippen LogP contribution in [0.4, 0.5) is 0 Å². The second kappa shape index (κ2) is 6.19. The number of furan rings is 1. The van der Waals surface area contributed by atoms with Crippen molar-refractivity contribution in [1.29, 1.82) is 0 Å². The van der Waals surface area contributed by atoms with Gasteiger partial charge in [0, 0.05) is 0 Å². The molecule has 0 aliphatic carbocycles. The molecule has 1 aromatic heterocycles. The summed E-state index contributed by atoms with van der Waals surface area (Å²) in [7, 11) is 1.48. The lowest BCUT2D eigenvalue weighted by molar-refractivity contribution is 0.372. The largest absolute Gasteiger partial charge is 0.503 e. The number of aromatic hydroxyl groups is 1. The molecule has 1 heterocycles. The van der Waals surface area contributed by atoms with Crippen molar-refractivity contribution in [2.45, 2.75) is 0 Å². The van der Waals surface area contributed by atoms with Crippen LogP contribution in [0.5, 0.6) is 11.5 Å². The van der Waals surface area contributed by atoms with Crippen LogP contribution in [0.3, 0.4) is 0 Å². The van der Waals surface area contributed by atoms with E-state index >= 15 is 0 Å². The molecule has 6 heteroatoms. The van der Waals surface area contributed by atoms with E-state index in [-0.39, 0.29) is 5.75 Å². The Hall–Kier alpha value is -2.08. The second-order valence-electron chi connectivity index (χ2n) is 3.56. The molecule has 0 aliphatic heterocycles. The van der Waals surface area contributed by atoms with Gasteiger partial charge in [-0.05, 0) is 45.8 Å². The van der Waals surface area contributed by atoms with E-state index in [4.69, 9.17) is 9.15 Å². The van der Waals surface area contributed by atoms with Crippen molar-refractivity contribution >= 4 is 28.4 Å². The maximum Gasteiger partial charge on any atom is 0.172 e. The van der Waals surface area contributed by atoms with Crippen LogP contribution in [0, 0.1) is 0 Å². The van der Waals surface area contributed by atoms with Crippen LogP contribution in [-0.4, -0.2) is 24.6 Å². The number of phenols is 1. The molecule has 98 valence electrons. The van der Waals surface area contributed by atoms with E-state index in [9.17, 15) is 5.11 Å². The highest BCUT2D eigenvalue weighted by Crippen LogP contribution is 2.34. The minimum atomic E-state index is 0.0544. The van der Waals surface area contributed by atoms with E-state index in [1.54, 1.807) is 36.7 Å². The van der Waals surface area contributed by atoms with Crippen molar-refractivity contribution < 1.29 is 14.3 Å². The molecular weight excluding hydrogens is 312 g/mol. The van der Waals surface area contributed by atoms with Crippen molar-refractivity contribution in [1.82, 2.24) is 0 Å². The van der Waals surface area contributed by atoms with Crippen molar-refractivity contribution in [3.05, 3.63) is 46.3 Å². The summed E-state index contributed by atoms with van der Waals surface area (Å²) in [6.45, 7) is 0. The van der Waals surface area contributed by atoms with E-state index in [1.165, 1.54) is 13.3 Å². The lowest BCUT2D eigenvalue weighted by Gasteiger charge is -2.05. The van der Waals surface area contributed by atoms with Crippen molar-refractivity contribution in [3.63, 3.8) is 0 Å². The molecule has 1 aromatic carbocycles. The molecule has 0 radical (unpaired) electrons. The molecule has 0 saturated carbocycles. The third-order valence-corrected chi connectivity index (χ3v) is 2.88. The molecule has 0 amide bonds. The maximum atomic E-state index is 9.66. The molecule has 0 fully saturated rings. The fourth-order valence-corrected chi connectivity index (χ4v) is 1.84. The number of phenolic OH excluding ortho intramolecular Hbond substituents is 1. The van der Waals surface area contributed by atoms with Gasteiger partial charge in [0.05, 0.1) is 30.3 Å². The minimum Gasteiger partial charge on any atom is -0.503 e. The third-order valence-electron chi connectivity index (χ3n) is 2.27. The Morgan fingerprint density at radius 1 is 1.32 bits per heavy atom. The number of methoxy groups -OCH3 is 1. The summed E-state index contributed by atoms with van der Waals surface area (Å²) >= 11 is 3.23. The lowest BCUT2D eigenvalue weighted by atomic mass is 10.2. The van der Waals surface area contributed by atoms with Crippen LogP contribution in [0.15, 0.2) is 49.6 Å². The first-order valence-corrected chi connectivity index (χ1v) is 6.16. The fourth-order valence-electron chi connectivity index (χ4n) is 1.38. The summed E-state index contributed by atoms with van der Waals surface area (Å²) in [5.41, 5.74) is 0.748. The van der Waals surface area contributed by atoms with Gasteiger partial charge in [-0.3, -0.25) is 0 Å². The van der Waals surface area contributed by atoms with Gasteiger partial charge in [-0.1, -0.05) is 0 Å². The molecule has 0 aliphatic rings. The van der Waals surface area contributed by atoms with Crippen LogP contribution in [-0.2, 0) is 0 Å². The zero-order valence-corrected chi connectivity index (χ0v) is 11.7. The van der Waals surface area contributed by atoms with Crippen molar-refractivity contribution in [3.8, 4) is 11.5 Å². The molecule has 0 atom stereocenters. The summed E-state index contributed by atoms with van der Waals surface area (Å²) in [4.78, 5) is 0. The summed E-state index contributed by atoms with van der Waals surface area (Å²) in [6, 6.07) is 6.92. The fraction of sp³-hybridized carbons (Fsp3) is 0.0769. The lowest BCUT2D eigenvalue weighted by Crippen LogP contribution is -1.88. The Bertz CT molecular complexity index is 607. The average Bonchev–Trinajstić information content (AvgIpc) is 2.91. The quantitative estimate of drug-likeness (QED) is 0.694. The van der Waals surface area contributed by atoms with Gasteiger partial charge in [0.25, 0.3) is 0 Å². The van der Waals surface area contributed by atoms with Crippen LogP contribution in [0.1, 0.15) is 11.3 Å². The monoisotopic (exact) mass is 322 g/mol. The molecule has 0 unspecified atom stereocenters.